The fraction of sp³-hybridized carbons (Fsp3) is 0.650. The van der Waals surface area contributed by atoms with Crippen LogP contribution in [0.1, 0.15) is 51.0 Å². The summed E-state index contributed by atoms with van der Waals surface area (Å²) in [6, 6.07) is 10.2. The number of halogens is 1. The molecule has 25 heavy (non-hydrogen) atoms. The summed E-state index contributed by atoms with van der Waals surface area (Å²) < 4.78 is 5.85. The van der Waals surface area contributed by atoms with Gasteiger partial charge in [0.1, 0.15) is 0 Å². The molecule has 4 nitrogen and oxygen atoms in total. The average Bonchev–Trinajstić information content (AvgIpc) is 2.63. The van der Waals surface area contributed by atoms with Crippen molar-refractivity contribution in [3.05, 3.63) is 35.9 Å². The maximum Gasteiger partial charge on any atom is 0.230 e. The summed E-state index contributed by atoms with van der Waals surface area (Å²) >= 11 is 0. The molecule has 0 radical (unpaired) electrons. The normalized spacial score (nSPS) is 17.6. The van der Waals surface area contributed by atoms with E-state index in [1.165, 1.54) is 0 Å². The van der Waals surface area contributed by atoms with Crippen LogP contribution in [0.2, 0.25) is 0 Å². The number of carbonyl (C=O) groups excluding carboxylic acids is 1. The lowest BCUT2D eigenvalue weighted by Crippen LogP contribution is -2.44. The van der Waals surface area contributed by atoms with E-state index in [0.717, 1.165) is 50.9 Å². The minimum absolute atomic E-state index is 0. The molecule has 1 aliphatic heterocycles. The number of carbonyl (C=O) groups is 1. The molecule has 1 heterocycles. The van der Waals surface area contributed by atoms with Crippen LogP contribution in [0.4, 0.5) is 0 Å². The number of benzene rings is 1. The highest BCUT2D eigenvalue weighted by atomic mass is 35.5. The molecule has 0 bridgehead atoms. The maximum absolute atomic E-state index is 13.1. The van der Waals surface area contributed by atoms with Crippen molar-refractivity contribution in [1.29, 1.82) is 0 Å². The molecule has 1 aromatic rings. The van der Waals surface area contributed by atoms with Crippen LogP contribution in [0.25, 0.3) is 0 Å². The Balaban J connectivity index is 0.00000312. The van der Waals surface area contributed by atoms with E-state index in [0.29, 0.717) is 12.5 Å². The Morgan fingerprint density at radius 1 is 1.28 bits per heavy atom. The van der Waals surface area contributed by atoms with Crippen LogP contribution in [0.15, 0.2) is 30.3 Å². The van der Waals surface area contributed by atoms with Gasteiger partial charge in [0.2, 0.25) is 5.91 Å². The van der Waals surface area contributed by atoms with E-state index in [1.54, 1.807) is 0 Å². The lowest BCUT2D eigenvalue weighted by atomic mass is 9.84. The van der Waals surface area contributed by atoms with Gasteiger partial charge in [0, 0.05) is 19.7 Å². The van der Waals surface area contributed by atoms with Crippen LogP contribution in [-0.4, -0.2) is 43.2 Å². The standard InChI is InChI=1S/C20H32N2O2.ClH/c1-3-16(2)19(17-8-5-4-6-9-17)20(23)22-13-10-18(11-14-22)24-15-7-12-21;/h4-6,8-9,16,18-19H,3,7,10-15,21H2,1-2H3;1H. The monoisotopic (exact) mass is 368 g/mol. The second kappa shape index (κ2) is 11.5. The molecule has 5 heteroatoms. The van der Waals surface area contributed by atoms with Crippen molar-refractivity contribution in [3.8, 4) is 0 Å². The lowest BCUT2D eigenvalue weighted by molar-refractivity contribution is -0.136. The van der Waals surface area contributed by atoms with E-state index in [1.807, 2.05) is 23.1 Å². The average molecular weight is 369 g/mol. The third-order valence-corrected chi connectivity index (χ3v) is 5.09. The summed E-state index contributed by atoms with van der Waals surface area (Å²) in [5.41, 5.74) is 6.64. The zero-order chi connectivity index (χ0) is 17.4. The van der Waals surface area contributed by atoms with E-state index in [9.17, 15) is 4.79 Å². The summed E-state index contributed by atoms with van der Waals surface area (Å²) in [7, 11) is 0. The van der Waals surface area contributed by atoms with Crippen LogP contribution >= 0.6 is 12.4 Å². The molecule has 1 aromatic carbocycles. The number of amides is 1. The molecule has 0 aliphatic carbocycles. The van der Waals surface area contributed by atoms with Crippen molar-refractivity contribution in [2.75, 3.05) is 26.2 Å². The van der Waals surface area contributed by atoms with Gasteiger partial charge in [0.25, 0.3) is 0 Å². The van der Waals surface area contributed by atoms with Crippen molar-refractivity contribution in [3.63, 3.8) is 0 Å². The Morgan fingerprint density at radius 2 is 1.92 bits per heavy atom. The van der Waals surface area contributed by atoms with Crippen LogP contribution < -0.4 is 5.73 Å². The molecule has 1 aliphatic rings. The fourth-order valence-electron chi connectivity index (χ4n) is 3.38. The van der Waals surface area contributed by atoms with Gasteiger partial charge < -0.3 is 15.4 Å². The Morgan fingerprint density at radius 3 is 2.48 bits per heavy atom. The molecule has 2 rings (SSSR count). The quantitative estimate of drug-likeness (QED) is 0.713. The van der Waals surface area contributed by atoms with Gasteiger partial charge in [-0.15, -0.1) is 12.4 Å². The largest absolute Gasteiger partial charge is 0.378 e. The molecule has 2 unspecified atom stereocenters. The van der Waals surface area contributed by atoms with Crippen LogP contribution in [0.5, 0.6) is 0 Å². The topological polar surface area (TPSA) is 55.6 Å². The Kier molecular flexibility index (Phi) is 10.1. The SMILES string of the molecule is CCC(C)C(C(=O)N1CCC(OCCCN)CC1)c1ccccc1.Cl. The molecular weight excluding hydrogens is 336 g/mol. The number of rotatable bonds is 8. The highest BCUT2D eigenvalue weighted by molar-refractivity contribution is 5.85. The molecule has 1 fully saturated rings. The van der Waals surface area contributed by atoms with E-state index < -0.39 is 0 Å². The van der Waals surface area contributed by atoms with Crippen molar-refractivity contribution >= 4 is 18.3 Å². The Labute approximate surface area is 158 Å². The van der Waals surface area contributed by atoms with Gasteiger partial charge in [0.15, 0.2) is 0 Å². The molecule has 0 spiro atoms. The maximum atomic E-state index is 13.1. The third kappa shape index (κ3) is 6.28. The van der Waals surface area contributed by atoms with Gasteiger partial charge in [-0.1, -0.05) is 50.6 Å². The summed E-state index contributed by atoms with van der Waals surface area (Å²) in [5, 5.41) is 0. The first-order chi connectivity index (χ1) is 11.7. The minimum atomic E-state index is -0.0362. The lowest BCUT2D eigenvalue weighted by Gasteiger charge is -2.35. The van der Waals surface area contributed by atoms with E-state index in [4.69, 9.17) is 10.5 Å². The predicted octanol–water partition coefficient (Wildman–Crippen LogP) is 3.59. The molecule has 1 saturated heterocycles. The van der Waals surface area contributed by atoms with Gasteiger partial charge >= 0.3 is 0 Å². The van der Waals surface area contributed by atoms with Crippen LogP contribution in [-0.2, 0) is 9.53 Å². The zero-order valence-electron chi connectivity index (χ0n) is 15.5. The summed E-state index contributed by atoms with van der Waals surface area (Å²) in [5.74, 6) is 0.584. The van der Waals surface area contributed by atoms with Gasteiger partial charge in [0.05, 0.1) is 12.0 Å². The first kappa shape index (κ1) is 21.9. The van der Waals surface area contributed by atoms with Gasteiger partial charge in [-0.25, -0.2) is 0 Å². The summed E-state index contributed by atoms with van der Waals surface area (Å²) in [4.78, 5) is 15.2. The summed E-state index contributed by atoms with van der Waals surface area (Å²) in [6.07, 6.45) is 4.04. The van der Waals surface area contributed by atoms with Gasteiger partial charge in [-0.05, 0) is 37.3 Å². The number of likely N-dealkylation sites (tertiary alicyclic amines) is 1. The Bertz CT molecular complexity index is 490. The van der Waals surface area contributed by atoms with Crippen LogP contribution in [0.3, 0.4) is 0 Å². The molecule has 2 N–H and O–H groups in total. The number of nitrogens with two attached hydrogens (primary N) is 1. The summed E-state index contributed by atoms with van der Waals surface area (Å²) in [6.45, 7) is 7.33. The highest BCUT2D eigenvalue weighted by Gasteiger charge is 2.32. The smallest absolute Gasteiger partial charge is 0.230 e. The first-order valence-corrected chi connectivity index (χ1v) is 9.32. The van der Waals surface area contributed by atoms with Gasteiger partial charge in [-0.3, -0.25) is 4.79 Å². The fourth-order valence-corrected chi connectivity index (χ4v) is 3.38. The molecule has 0 saturated carbocycles. The number of ether oxygens (including phenoxy) is 1. The number of hydrogen-bond donors (Lipinski definition) is 1. The highest BCUT2D eigenvalue weighted by Crippen LogP contribution is 2.30. The van der Waals surface area contributed by atoms with Crippen molar-refractivity contribution in [1.82, 2.24) is 4.90 Å². The molecule has 142 valence electrons. The van der Waals surface area contributed by atoms with Gasteiger partial charge in [-0.2, -0.15) is 0 Å². The first-order valence-electron chi connectivity index (χ1n) is 9.32. The number of piperidine rings is 1. The van der Waals surface area contributed by atoms with Crippen molar-refractivity contribution in [2.24, 2.45) is 11.7 Å². The van der Waals surface area contributed by atoms with E-state index in [2.05, 4.69) is 26.0 Å². The van der Waals surface area contributed by atoms with E-state index in [-0.39, 0.29) is 30.3 Å². The number of hydrogen-bond acceptors (Lipinski definition) is 3. The molecule has 2 atom stereocenters. The number of nitrogens with zero attached hydrogens (tertiary/aromatic N) is 1. The second-order valence-corrected chi connectivity index (χ2v) is 6.81. The Hall–Kier alpha value is -1.10. The second-order valence-electron chi connectivity index (χ2n) is 6.81. The minimum Gasteiger partial charge on any atom is -0.378 e. The van der Waals surface area contributed by atoms with Crippen LogP contribution in [0, 0.1) is 5.92 Å². The van der Waals surface area contributed by atoms with E-state index >= 15 is 0 Å². The van der Waals surface area contributed by atoms with Crippen molar-refractivity contribution < 1.29 is 9.53 Å². The predicted molar refractivity (Wildman–Crippen MR) is 105 cm³/mol. The molecule has 0 aromatic heterocycles. The zero-order valence-corrected chi connectivity index (χ0v) is 16.3. The van der Waals surface area contributed by atoms with Crippen molar-refractivity contribution in [2.45, 2.75) is 51.6 Å². The molecular formula is C20H33ClN2O2. The molecule has 1 amide bonds. The third-order valence-electron chi connectivity index (χ3n) is 5.09.